The van der Waals surface area contributed by atoms with E-state index in [0.29, 0.717) is 30.3 Å². The van der Waals surface area contributed by atoms with Crippen LogP contribution in [0.15, 0.2) is 21.3 Å². The number of rotatable bonds is 4. The predicted octanol–water partition coefficient (Wildman–Crippen LogP) is 2.48. The summed E-state index contributed by atoms with van der Waals surface area (Å²) in [7, 11) is 0. The van der Waals surface area contributed by atoms with E-state index in [9.17, 15) is 0 Å². The number of hydrogen-bond donors (Lipinski definition) is 0. The Morgan fingerprint density at radius 3 is 3.06 bits per heavy atom. The molecular formula is C11H11N3O2. The van der Waals surface area contributed by atoms with Crippen LogP contribution in [0.5, 0.6) is 0 Å². The van der Waals surface area contributed by atoms with Crippen molar-refractivity contribution in [1.82, 2.24) is 10.1 Å². The van der Waals surface area contributed by atoms with E-state index in [1.165, 1.54) is 0 Å². The third-order valence-corrected chi connectivity index (χ3v) is 2.21. The van der Waals surface area contributed by atoms with Gasteiger partial charge in [-0.2, -0.15) is 10.2 Å². The molecule has 0 unspecified atom stereocenters. The van der Waals surface area contributed by atoms with Gasteiger partial charge in [-0.1, -0.05) is 5.16 Å². The Kier molecular flexibility index (Phi) is 3.01. The van der Waals surface area contributed by atoms with Gasteiger partial charge in [0, 0.05) is 12.8 Å². The first-order valence-electron chi connectivity index (χ1n) is 5.05. The number of nitrogens with zero attached hydrogens (tertiary/aromatic N) is 3. The van der Waals surface area contributed by atoms with Crippen LogP contribution in [0.25, 0.3) is 11.6 Å². The SMILES string of the molecule is Cc1ccoc1-c1noc(CCCC#N)n1. The number of hydrogen-bond acceptors (Lipinski definition) is 5. The number of furan rings is 1. The Morgan fingerprint density at radius 1 is 1.50 bits per heavy atom. The minimum Gasteiger partial charge on any atom is -0.461 e. The molecular weight excluding hydrogens is 206 g/mol. The zero-order valence-corrected chi connectivity index (χ0v) is 8.93. The highest BCUT2D eigenvalue weighted by molar-refractivity contribution is 5.50. The Bertz CT molecular complexity index is 507. The van der Waals surface area contributed by atoms with E-state index in [1.807, 2.05) is 13.0 Å². The van der Waals surface area contributed by atoms with E-state index in [-0.39, 0.29) is 0 Å². The minimum atomic E-state index is 0.467. The molecule has 2 aromatic rings. The maximum atomic E-state index is 8.40. The highest BCUT2D eigenvalue weighted by Gasteiger charge is 2.13. The quantitative estimate of drug-likeness (QED) is 0.735. The maximum absolute atomic E-state index is 8.40. The molecule has 0 saturated carbocycles. The fourth-order valence-corrected chi connectivity index (χ4v) is 1.37. The van der Waals surface area contributed by atoms with Gasteiger partial charge in [0.25, 0.3) is 0 Å². The monoisotopic (exact) mass is 217 g/mol. The largest absolute Gasteiger partial charge is 0.461 e. The molecule has 0 aliphatic rings. The molecule has 0 bridgehead atoms. The topological polar surface area (TPSA) is 75.8 Å². The fourth-order valence-electron chi connectivity index (χ4n) is 1.37. The molecule has 2 rings (SSSR count). The van der Waals surface area contributed by atoms with Gasteiger partial charge in [-0.3, -0.25) is 0 Å². The Balaban J connectivity index is 2.09. The number of unbranched alkanes of at least 4 members (excludes halogenated alkanes) is 1. The van der Waals surface area contributed by atoms with E-state index in [2.05, 4.69) is 16.2 Å². The van der Waals surface area contributed by atoms with Gasteiger partial charge in [0.15, 0.2) is 5.76 Å². The molecule has 2 heterocycles. The second kappa shape index (κ2) is 4.62. The summed E-state index contributed by atoms with van der Waals surface area (Å²) in [6, 6.07) is 3.92. The molecule has 16 heavy (non-hydrogen) atoms. The lowest BCUT2D eigenvalue weighted by Gasteiger charge is -1.88. The third-order valence-electron chi connectivity index (χ3n) is 2.21. The van der Waals surface area contributed by atoms with Crippen LogP contribution in [-0.2, 0) is 6.42 Å². The van der Waals surface area contributed by atoms with Crippen molar-refractivity contribution in [3.05, 3.63) is 23.8 Å². The van der Waals surface area contributed by atoms with Crippen LogP contribution in [0.1, 0.15) is 24.3 Å². The second-order valence-electron chi connectivity index (χ2n) is 3.46. The first-order chi connectivity index (χ1) is 7.81. The first-order valence-corrected chi connectivity index (χ1v) is 5.05. The molecule has 0 fully saturated rings. The van der Waals surface area contributed by atoms with Gasteiger partial charge in [0.2, 0.25) is 11.7 Å². The van der Waals surface area contributed by atoms with E-state index >= 15 is 0 Å². The van der Waals surface area contributed by atoms with Crippen molar-refractivity contribution in [2.24, 2.45) is 0 Å². The van der Waals surface area contributed by atoms with Gasteiger partial charge >= 0.3 is 0 Å². The van der Waals surface area contributed by atoms with Crippen molar-refractivity contribution >= 4 is 0 Å². The van der Waals surface area contributed by atoms with Crippen LogP contribution in [0.2, 0.25) is 0 Å². The van der Waals surface area contributed by atoms with Crippen molar-refractivity contribution in [2.75, 3.05) is 0 Å². The molecule has 0 spiro atoms. The van der Waals surface area contributed by atoms with Crippen LogP contribution in [0.4, 0.5) is 0 Å². The number of aryl methyl sites for hydroxylation is 2. The van der Waals surface area contributed by atoms with Crippen molar-refractivity contribution in [3.63, 3.8) is 0 Å². The van der Waals surface area contributed by atoms with E-state index < -0.39 is 0 Å². The van der Waals surface area contributed by atoms with Crippen LogP contribution in [0.3, 0.4) is 0 Å². The smallest absolute Gasteiger partial charge is 0.238 e. The van der Waals surface area contributed by atoms with Gasteiger partial charge < -0.3 is 8.94 Å². The molecule has 0 aromatic carbocycles. The fraction of sp³-hybridized carbons (Fsp3) is 0.364. The number of nitriles is 1. The summed E-state index contributed by atoms with van der Waals surface area (Å²) in [4.78, 5) is 4.20. The molecule has 0 amide bonds. The summed E-state index contributed by atoms with van der Waals surface area (Å²) in [6.45, 7) is 1.92. The Morgan fingerprint density at radius 2 is 2.38 bits per heavy atom. The molecule has 0 atom stereocenters. The average molecular weight is 217 g/mol. The molecule has 0 aliphatic heterocycles. The highest BCUT2D eigenvalue weighted by atomic mass is 16.5. The first kappa shape index (κ1) is 10.4. The van der Waals surface area contributed by atoms with Crippen molar-refractivity contribution in [2.45, 2.75) is 26.2 Å². The normalized spacial score (nSPS) is 10.2. The van der Waals surface area contributed by atoms with Crippen molar-refractivity contribution in [3.8, 4) is 17.7 Å². The summed E-state index contributed by atoms with van der Waals surface area (Å²) in [5, 5.41) is 12.2. The maximum Gasteiger partial charge on any atom is 0.238 e. The zero-order chi connectivity index (χ0) is 11.4. The summed E-state index contributed by atoms with van der Waals surface area (Å²) < 4.78 is 10.3. The highest BCUT2D eigenvalue weighted by Crippen LogP contribution is 2.21. The molecule has 2 aromatic heterocycles. The van der Waals surface area contributed by atoms with Crippen LogP contribution in [-0.4, -0.2) is 10.1 Å². The van der Waals surface area contributed by atoms with E-state index in [1.54, 1.807) is 6.26 Å². The second-order valence-corrected chi connectivity index (χ2v) is 3.46. The van der Waals surface area contributed by atoms with Crippen molar-refractivity contribution < 1.29 is 8.94 Å². The van der Waals surface area contributed by atoms with Gasteiger partial charge in [0.1, 0.15) is 0 Å². The number of aromatic nitrogens is 2. The summed E-state index contributed by atoms with van der Waals surface area (Å²) in [6.07, 6.45) is 3.45. The minimum absolute atomic E-state index is 0.467. The standard InChI is InChI=1S/C11H11N3O2/c1-8-5-7-15-10(8)11-13-9(16-14-11)4-2-3-6-12/h5,7H,2-4H2,1H3. The van der Waals surface area contributed by atoms with Gasteiger partial charge in [-0.05, 0) is 25.0 Å². The molecule has 0 aliphatic carbocycles. The molecule has 0 radical (unpaired) electrons. The summed E-state index contributed by atoms with van der Waals surface area (Å²) in [5.41, 5.74) is 0.976. The molecule has 5 nitrogen and oxygen atoms in total. The van der Waals surface area contributed by atoms with Gasteiger partial charge in [0.05, 0.1) is 12.3 Å². The predicted molar refractivity (Wildman–Crippen MR) is 55.3 cm³/mol. The van der Waals surface area contributed by atoms with E-state index in [0.717, 1.165) is 12.0 Å². The summed E-state index contributed by atoms with van der Waals surface area (Å²) in [5.74, 6) is 1.64. The average Bonchev–Trinajstić information content (AvgIpc) is 2.87. The lowest BCUT2D eigenvalue weighted by Crippen LogP contribution is -1.85. The molecule has 0 saturated heterocycles. The zero-order valence-electron chi connectivity index (χ0n) is 8.93. The lowest BCUT2D eigenvalue weighted by molar-refractivity contribution is 0.375. The molecule has 5 heteroatoms. The molecule has 0 N–H and O–H groups in total. The van der Waals surface area contributed by atoms with Crippen molar-refractivity contribution in [1.29, 1.82) is 5.26 Å². The van der Waals surface area contributed by atoms with Gasteiger partial charge in [-0.15, -0.1) is 0 Å². The molecule has 82 valence electrons. The summed E-state index contributed by atoms with van der Waals surface area (Å²) >= 11 is 0. The lowest BCUT2D eigenvalue weighted by atomic mass is 10.2. The van der Waals surface area contributed by atoms with Crippen LogP contribution < -0.4 is 0 Å². The third kappa shape index (κ3) is 2.11. The Labute approximate surface area is 92.7 Å². The van der Waals surface area contributed by atoms with Crippen LogP contribution in [0, 0.1) is 18.3 Å². The van der Waals surface area contributed by atoms with Gasteiger partial charge in [-0.25, -0.2) is 0 Å². The Hall–Kier alpha value is -2.09. The van der Waals surface area contributed by atoms with Crippen LogP contribution >= 0.6 is 0 Å². The van der Waals surface area contributed by atoms with E-state index in [4.69, 9.17) is 14.2 Å².